The highest BCUT2D eigenvalue weighted by Crippen LogP contribution is 2.02. The summed E-state index contributed by atoms with van der Waals surface area (Å²) in [5, 5.41) is 0. The van der Waals surface area contributed by atoms with Crippen molar-refractivity contribution in [1.82, 2.24) is 9.97 Å². The van der Waals surface area contributed by atoms with Crippen molar-refractivity contribution in [1.29, 1.82) is 0 Å². The number of hydrogen-bond acceptors (Lipinski definition) is 2. The summed E-state index contributed by atoms with van der Waals surface area (Å²) in [4.78, 5) is 18.2. The van der Waals surface area contributed by atoms with Crippen molar-refractivity contribution in [3.63, 3.8) is 0 Å². The highest BCUT2D eigenvalue weighted by Gasteiger charge is 2.07. The molecule has 0 amide bonds. The molecule has 0 spiro atoms. The monoisotopic (exact) mass is 166 g/mol. The molecule has 3 heteroatoms. The SMILES string of the molecule is CC(C)C(=O)CCc1ncc[nH]1. The summed E-state index contributed by atoms with van der Waals surface area (Å²) >= 11 is 0. The fraction of sp³-hybridized carbons (Fsp3) is 0.556. The number of ketones is 1. The maximum Gasteiger partial charge on any atom is 0.135 e. The van der Waals surface area contributed by atoms with Crippen molar-refractivity contribution in [2.45, 2.75) is 26.7 Å². The first-order chi connectivity index (χ1) is 5.70. The van der Waals surface area contributed by atoms with E-state index >= 15 is 0 Å². The Balaban J connectivity index is 2.32. The number of carbonyl (C=O) groups excluding carboxylic acids is 1. The lowest BCUT2D eigenvalue weighted by Crippen LogP contribution is -2.08. The van der Waals surface area contributed by atoms with Crippen LogP contribution < -0.4 is 0 Å². The van der Waals surface area contributed by atoms with Crippen molar-refractivity contribution in [3.05, 3.63) is 18.2 Å². The lowest BCUT2D eigenvalue weighted by molar-refractivity contribution is -0.121. The molecular weight excluding hydrogens is 152 g/mol. The van der Waals surface area contributed by atoms with Gasteiger partial charge in [-0.05, 0) is 0 Å². The molecule has 0 unspecified atom stereocenters. The van der Waals surface area contributed by atoms with E-state index in [1.165, 1.54) is 0 Å². The molecule has 66 valence electrons. The molecule has 1 N–H and O–H groups in total. The topological polar surface area (TPSA) is 45.8 Å². The molecule has 0 bridgehead atoms. The fourth-order valence-electron chi connectivity index (χ4n) is 0.965. The highest BCUT2D eigenvalue weighted by atomic mass is 16.1. The molecule has 0 saturated heterocycles. The normalized spacial score (nSPS) is 10.6. The minimum absolute atomic E-state index is 0.139. The summed E-state index contributed by atoms with van der Waals surface area (Å²) in [6.07, 6.45) is 4.79. The third-order valence-electron chi connectivity index (χ3n) is 1.81. The molecule has 1 aromatic heterocycles. The second-order valence-corrected chi connectivity index (χ2v) is 3.16. The van der Waals surface area contributed by atoms with Gasteiger partial charge >= 0.3 is 0 Å². The average Bonchev–Trinajstić information content (AvgIpc) is 2.51. The minimum Gasteiger partial charge on any atom is -0.349 e. The van der Waals surface area contributed by atoms with Gasteiger partial charge in [0.25, 0.3) is 0 Å². The average molecular weight is 166 g/mol. The van der Waals surface area contributed by atoms with Crippen LogP contribution in [0.25, 0.3) is 0 Å². The Kier molecular flexibility index (Phi) is 3.02. The third kappa shape index (κ3) is 2.49. The number of aromatic amines is 1. The van der Waals surface area contributed by atoms with E-state index in [2.05, 4.69) is 9.97 Å². The van der Waals surface area contributed by atoms with Gasteiger partial charge in [-0.1, -0.05) is 13.8 Å². The Hall–Kier alpha value is -1.12. The molecule has 0 fully saturated rings. The quantitative estimate of drug-likeness (QED) is 0.737. The molecule has 0 aromatic carbocycles. The molecule has 0 aliphatic rings. The molecule has 0 aliphatic carbocycles. The van der Waals surface area contributed by atoms with Gasteiger partial charge < -0.3 is 4.98 Å². The fourth-order valence-corrected chi connectivity index (χ4v) is 0.965. The third-order valence-corrected chi connectivity index (χ3v) is 1.81. The second-order valence-electron chi connectivity index (χ2n) is 3.16. The zero-order valence-electron chi connectivity index (χ0n) is 7.50. The Morgan fingerprint density at radius 3 is 2.92 bits per heavy atom. The number of hydrogen-bond donors (Lipinski definition) is 1. The highest BCUT2D eigenvalue weighted by molar-refractivity contribution is 5.80. The van der Waals surface area contributed by atoms with Crippen molar-refractivity contribution in [3.8, 4) is 0 Å². The van der Waals surface area contributed by atoms with Gasteiger partial charge in [-0.2, -0.15) is 0 Å². The number of aryl methyl sites for hydroxylation is 1. The van der Waals surface area contributed by atoms with E-state index in [9.17, 15) is 4.79 Å². The van der Waals surface area contributed by atoms with Crippen molar-refractivity contribution in [2.24, 2.45) is 5.92 Å². The zero-order chi connectivity index (χ0) is 8.97. The number of H-pyrrole nitrogens is 1. The maximum absolute atomic E-state index is 11.2. The second kappa shape index (κ2) is 4.04. The Morgan fingerprint density at radius 1 is 1.67 bits per heavy atom. The van der Waals surface area contributed by atoms with Crippen LogP contribution in [0.1, 0.15) is 26.1 Å². The molecule has 0 atom stereocenters. The lowest BCUT2D eigenvalue weighted by Gasteiger charge is -2.01. The number of nitrogens with zero attached hydrogens (tertiary/aromatic N) is 1. The van der Waals surface area contributed by atoms with Crippen LogP contribution >= 0.6 is 0 Å². The first-order valence-electron chi connectivity index (χ1n) is 4.21. The summed E-state index contributed by atoms with van der Waals surface area (Å²) < 4.78 is 0. The first kappa shape index (κ1) is 8.97. The van der Waals surface area contributed by atoms with Crippen LogP contribution in [0.15, 0.2) is 12.4 Å². The molecular formula is C9H14N2O. The van der Waals surface area contributed by atoms with Crippen LogP contribution in [0, 0.1) is 5.92 Å². The number of rotatable bonds is 4. The van der Waals surface area contributed by atoms with Gasteiger partial charge in [-0.25, -0.2) is 4.98 Å². The van der Waals surface area contributed by atoms with Gasteiger partial charge in [-0.3, -0.25) is 4.79 Å². The van der Waals surface area contributed by atoms with E-state index < -0.39 is 0 Å². The largest absolute Gasteiger partial charge is 0.349 e. The minimum atomic E-state index is 0.139. The molecule has 0 radical (unpaired) electrons. The lowest BCUT2D eigenvalue weighted by atomic mass is 10.0. The Bertz CT molecular complexity index is 239. The van der Waals surface area contributed by atoms with Crippen LogP contribution in [0.2, 0.25) is 0 Å². The maximum atomic E-state index is 11.2. The van der Waals surface area contributed by atoms with Crippen LogP contribution in [0.3, 0.4) is 0 Å². The van der Waals surface area contributed by atoms with E-state index in [0.717, 1.165) is 12.2 Å². The predicted octanol–water partition coefficient (Wildman–Crippen LogP) is 1.57. The van der Waals surface area contributed by atoms with Gasteiger partial charge in [0, 0.05) is 31.2 Å². The van der Waals surface area contributed by atoms with E-state index in [-0.39, 0.29) is 5.92 Å². The van der Waals surface area contributed by atoms with Crippen LogP contribution in [0.5, 0.6) is 0 Å². The van der Waals surface area contributed by atoms with Crippen LogP contribution in [0.4, 0.5) is 0 Å². The van der Waals surface area contributed by atoms with E-state index in [4.69, 9.17) is 0 Å². The number of nitrogens with one attached hydrogen (secondary N) is 1. The summed E-state index contributed by atoms with van der Waals surface area (Å²) in [5.74, 6) is 1.33. The van der Waals surface area contributed by atoms with Gasteiger partial charge in [0.2, 0.25) is 0 Å². The predicted molar refractivity (Wildman–Crippen MR) is 46.8 cm³/mol. The molecule has 1 rings (SSSR count). The molecule has 12 heavy (non-hydrogen) atoms. The first-order valence-corrected chi connectivity index (χ1v) is 4.21. The zero-order valence-corrected chi connectivity index (χ0v) is 7.50. The Morgan fingerprint density at radius 2 is 2.42 bits per heavy atom. The van der Waals surface area contributed by atoms with Gasteiger partial charge in [0.15, 0.2) is 0 Å². The van der Waals surface area contributed by atoms with Crippen LogP contribution in [-0.2, 0) is 11.2 Å². The standard InChI is InChI=1S/C9H14N2O/c1-7(2)8(12)3-4-9-10-5-6-11-9/h5-7H,3-4H2,1-2H3,(H,10,11). The van der Waals surface area contributed by atoms with Gasteiger partial charge in [0.05, 0.1) is 0 Å². The molecule has 3 nitrogen and oxygen atoms in total. The van der Waals surface area contributed by atoms with Crippen molar-refractivity contribution < 1.29 is 4.79 Å². The summed E-state index contributed by atoms with van der Waals surface area (Å²) in [6, 6.07) is 0. The number of aromatic nitrogens is 2. The molecule has 1 heterocycles. The number of carbonyl (C=O) groups is 1. The number of imidazole rings is 1. The van der Waals surface area contributed by atoms with E-state index in [1.807, 2.05) is 13.8 Å². The van der Waals surface area contributed by atoms with Crippen LogP contribution in [-0.4, -0.2) is 15.8 Å². The van der Waals surface area contributed by atoms with E-state index in [1.54, 1.807) is 12.4 Å². The van der Waals surface area contributed by atoms with Crippen molar-refractivity contribution >= 4 is 5.78 Å². The van der Waals surface area contributed by atoms with Gasteiger partial charge in [0.1, 0.15) is 11.6 Å². The number of Topliss-reactive ketones (excluding diaryl/α,β-unsaturated/α-hetero) is 1. The molecule has 0 aliphatic heterocycles. The van der Waals surface area contributed by atoms with Crippen molar-refractivity contribution in [2.75, 3.05) is 0 Å². The van der Waals surface area contributed by atoms with Gasteiger partial charge in [-0.15, -0.1) is 0 Å². The molecule has 1 aromatic rings. The molecule has 0 saturated carbocycles. The van der Waals surface area contributed by atoms with E-state index in [0.29, 0.717) is 12.2 Å². The summed E-state index contributed by atoms with van der Waals surface area (Å²) in [5.41, 5.74) is 0. The Labute approximate surface area is 72.2 Å². The smallest absolute Gasteiger partial charge is 0.135 e. The summed E-state index contributed by atoms with van der Waals surface area (Å²) in [7, 11) is 0. The summed E-state index contributed by atoms with van der Waals surface area (Å²) in [6.45, 7) is 3.84.